The summed E-state index contributed by atoms with van der Waals surface area (Å²) in [5.41, 5.74) is 3.17. The number of H-pyrrole nitrogens is 1. The summed E-state index contributed by atoms with van der Waals surface area (Å²) < 4.78 is 0. The number of aromatic nitrogens is 3. The fourth-order valence-corrected chi connectivity index (χ4v) is 2.34. The lowest BCUT2D eigenvalue weighted by molar-refractivity contribution is -0.116. The van der Waals surface area contributed by atoms with Crippen LogP contribution >= 0.6 is 0 Å². The van der Waals surface area contributed by atoms with Gasteiger partial charge in [-0.05, 0) is 18.6 Å². The molecule has 126 valence electrons. The molecule has 5 heteroatoms. The van der Waals surface area contributed by atoms with Crippen molar-refractivity contribution in [3.63, 3.8) is 0 Å². The van der Waals surface area contributed by atoms with Gasteiger partial charge in [0.15, 0.2) is 5.82 Å². The highest BCUT2D eigenvalue weighted by Crippen LogP contribution is 2.15. The van der Waals surface area contributed by atoms with Gasteiger partial charge in [-0.1, -0.05) is 60.2 Å². The molecule has 1 aromatic heterocycles. The Kier molecular flexibility index (Phi) is 5.36. The van der Waals surface area contributed by atoms with E-state index in [0.717, 1.165) is 17.0 Å². The van der Waals surface area contributed by atoms with Gasteiger partial charge in [-0.2, -0.15) is 5.10 Å². The molecule has 1 heterocycles. The maximum atomic E-state index is 11.8. The van der Waals surface area contributed by atoms with Gasteiger partial charge in [0.1, 0.15) is 5.82 Å². The largest absolute Gasteiger partial charge is 0.352 e. The molecule has 25 heavy (non-hydrogen) atoms. The van der Waals surface area contributed by atoms with Crippen molar-refractivity contribution >= 4 is 12.0 Å². The molecule has 0 radical (unpaired) electrons. The summed E-state index contributed by atoms with van der Waals surface area (Å²) in [7, 11) is 0. The first-order chi connectivity index (χ1) is 12.2. The van der Waals surface area contributed by atoms with Crippen molar-refractivity contribution in [3.8, 4) is 11.4 Å². The monoisotopic (exact) mass is 332 g/mol. The number of rotatable bonds is 6. The summed E-state index contributed by atoms with van der Waals surface area (Å²) in [4.78, 5) is 16.3. The zero-order valence-electron chi connectivity index (χ0n) is 14.1. The van der Waals surface area contributed by atoms with Crippen LogP contribution in [0.2, 0.25) is 0 Å². The van der Waals surface area contributed by atoms with Gasteiger partial charge in [0.25, 0.3) is 0 Å². The number of aryl methyl sites for hydroxylation is 1. The van der Waals surface area contributed by atoms with Crippen LogP contribution in [-0.2, 0) is 11.2 Å². The van der Waals surface area contributed by atoms with Crippen molar-refractivity contribution in [2.45, 2.75) is 13.3 Å². The van der Waals surface area contributed by atoms with E-state index in [1.54, 1.807) is 6.08 Å². The molecule has 0 saturated carbocycles. The van der Waals surface area contributed by atoms with Gasteiger partial charge in [-0.15, -0.1) is 0 Å². The van der Waals surface area contributed by atoms with Gasteiger partial charge in [0.2, 0.25) is 5.91 Å². The Morgan fingerprint density at radius 3 is 2.64 bits per heavy atom. The summed E-state index contributed by atoms with van der Waals surface area (Å²) in [5, 5.41) is 9.99. The number of nitrogens with one attached hydrogen (secondary N) is 2. The van der Waals surface area contributed by atoms with E-state index in [-0.39, 0.29) is 5.91 Å². The summed E-state index contributed by atoms with van der Waals surface area (Å²) in [6, 6.07) is 17.8. The predicted molar refractivity (Wildman–Crippen MR) is 98.7 cm³/mol. The fraction of sp³-hybridized carbons (Fsp3) is 0.150. The normalized spacial score (nSPS) is 10.9. The number of amides is 1. The molecule has 3 aromatic rings. The van der Waals surface area contributed by atoms with E-state index in [0.29, 0.717) is 18.8 Å². The number of carbonyl (C=O) groups excluding carboxylic acids is 1. The fourth-order valence-electron chi connectivity index (χ4n) is 2.34. The molecular weight excluding hydrogens is 312 g/mol. The number of benzene rings is 2. The number of hydrogen-bond donors (Lipinski definition) is 2. The molecular formula is C20H20N4O. The van der Waals surface area contributed by atoms with Crippen LogP contribution in [0.15, 0.2) is 60.7 Å². The Morgan fingerprint density at radius 1 is 1.12 bits per heavy atom. The van der Waals surface area contributed by atoms with Gasteiger partial charge in [0, 0.05) is 24.6 Å². The van der Waals surface area contributed by atoms with Gasteiger partial charge < -0.3 is 5.32 Å². The predicted octanol–water partition coefficient (Wildman–Crippen LogP) is 3.15. The molecule has 0 fully saturated rings. The van der Waals surface area contributed by atoms with Gasteiger partial charge in [-0.25, -0.2) is 4.98 Å². The molecule has 0 aliphatic rings. The van der Waals surface area contributed by atoms with Crippen LogP contribution in [0.1, 0.15) is 17.0 Å². The number of aromatic amines is 1. The minimum absolute atomic E-state index is 0.123. The van der Waals surface area contributed by atoms with Gasteiger partial charge in [-0.3, -0.25) is 9.89 Å². The summed E-state index contributed by atoms with van der Waals surface area (Å²) in [6.45, 7) is 2.54. The summed E-state index contributed by atoms with van der Waals surface area (Å²) in [5.74, 6) is 1.30. The quantitative estimate of drug-likeness (QED) is 0.681. The average Bonchev–Trinajstić information content (AvgIpc) is 3.10. The standard InChI is InChI=1S/C20H20N4O/c1-15-7-10-17(11-8-15)20-22-18(23-24-20)13-14-21-19(25)12-9-16-5-3-2-4-6-16/h2-12H,13-14H2,1H3,(H,21,25)(H,22,23,24)/b12-9+. The van der Waals surface area contributed by atoms with E-state index in [1.165, 1.54) is 11.6 Å². The average molecular weight is 332 g/mol. The lowest BCUT2D eigenvalue weighted by atomic mass is 10.1. The van der Waals surface area contributed by atoms with E-state index < -0.39 is 0 Å². The van der Waals surface area contributed by atoms with Crippen molar-refractivity contribution in [2.24, 2.45) is 0 Å². The molecule has 1 amide bonds. The van der Waals surface area contributed by atoms with Crippen molar-refractivity contribution in [3.05, 3.63) is 77.6 Å². The lowest BCUT2D eigenvalue weighted by Crippen LogP contribution is -2.23. The number of nitrogens with zero attached hydrogens (tertiary/aromatic N) is 2. The number of carbonyl (C=O) groups is 1. The molecule has 0 aliphatic carbocycles. The summed E-state index contributed by atoms with van der Waals surface area (Å²) in [6.07, 6.45) is 3.93. The van der Waals surface area contributed by atoms with E-state index in [4.69, 9.17) is 0 Å². The third kappa shape index (κ3) is 4.88. The van der Waals surface area contributed by atoms with Crippen molar-refractivity contribution in [1.82, 2.24) is 20.5 Å². The molecule has 0 atom stereocenters. The zero-order valence-corrected chi connectivity index (χ0v) is 14.1. The van der Waals surface area contributed by atoms with Crippen LogP contribution in [0.4, 0.5) is 0 Å². The van der Waals surface area contributed by atoms with Crippen LogP contribution in [0.5, 0.6) is 0 Å². The SMILES string of the molecule is Cc1ccc(-c2n[nH]c(CCNC(=O)/C=C/c3ccccc3)n2)cc1. The summed E-state index contributed by atoms with van der Waals surface area (Å²) >= 11 is 0. The molecule has 5 nitrogen and oxygen atoms in total. The molecule has 3 rings (SSSR count). The molecule has 2 N–H and O–H groups in total. The second kappa shape index (κ2) is 8.06. The Labute approximate surface area is 146 Å². The lowest BCUT2D eigenvalue weighted by Gasteiger charge is -1.99. The number of hydrogen-bond acceptors (Lipinski definition) is 3. The molecule has 0 saturated heterocycles. The molecule has 0 aliphatic heterocycles. The van der Waals surface area contributed by atoms with Crippen LogP contribution in [0, 0.1) is 6.92 Å². The second-order valence-corrected chi connectivity index (χ2v) is 5.76. The topological polar surface area (TPSA) is 70.7 Å². The highest BCUT2D eigenvalue weighted by Gasteiger charge is 2.06. The first-order valence-corrected chi connectivity index (χ1v) is 8.20. The Hall–Kier alpha value is -3.21. The smallest absolute Gasteiger partial charge is 0.244 e. The molecule has 0 unspecified atom stereocenters. The van der Waals surface area contributed by atoms with E-state index in [1.807, 2.05) is 61.5 Å². The molecule has 0 spiro atoms. The first-order valence-electron chi connectivity index (χ1n) is 8.20. The molecule has 0 bridgehead atoms. The van der Waals surface area contributed by atoms with Crippen LogP contribution < -0.4 is 5.32 Å². The van der Waals surface area contributed by atoms with Crippen LogP contribution in [0.25, 0.3) is 17.5 Å². The van der Waals surface area contributed by atoms with E-state index in [2.05, 4.69) is 20.5 Å². The third-order valence-corrected chi connectivity index (χ3v) is 3.73. The highest BCUT2D eigenvalue weighted by atomic mass is 16.1. The van der Waals surface area contributed by atoms with Crippen LogP contribution in [0.3, 0.4) is 0 Å². The van der Waals surface area contributed by atoms with E-state index in [9.17, 15) is 4.79 Å². The minimum atomic E-state index is -0.123. The minimum Gasteiger partial charge on any atom is -0.352 e. The van der Waals surface area contributed by atoms with Crippen LogP contribution in [-0.4, -0.2) is 27.6 Å². The van der Waals surface area contributed by atoms with Crippen molar-refractivity contribution in [2.75, 3.05) is 6.54 Å². The first kappa shape index (κ1) is 16.6. The Bertz CT molecular complexity index is 851. The third-order valence-electron chi connectivity index (χ3n) is 3.73. The highest BCUT2D eigenvalue weighted by molar-refractivity contribution is 5.91. The maximum Gasteiger partial charge on any atom is 0.244 e. The van der Waals surface area contributed by atoms with E-state index >= 15 is 0 Å². The Balaban J connectivity index is 1.48. The van der Waals surface area contributed by atoms with Crippen molar-refractivity contribution < 1.29 is 4.79 Å². The second-order valence-electron chi connectivity index (χ2n) is 5.76. The van der Waals surface area contributed by atoms with Gasteiger partial charge >= 0.3 is 0 Å². The maximum absolute atomic E-state index is 11.8. The van der Waals surface area contributed by atoms with Crippen molar-refractivity contribution in [1.29, 1.82) is 0 Å². The molecule has 2 aromatic carbocycles. The van der Waals surface area contributed by atoms with Gasteiger partial charge in [0.05, 0.1) is 0 Å². The zero-order chi connectivity index (χ0) is 17.5. The Morgan fingerprint density at radius 2 is 1.88 bits per heavy atom.